The summed E-state index contributed by atoms with van der Waals surface area (Å²) < 4.78 is 11.8. The third-order valence-electron chi connectivity index (χ3n) is 4.91. The lowest BCUT2D eigenvalue weighted by Gasteiger charge is -2.17. The van der Waals surface area contributed by atoms with Crippen LogP contribution in [-0.4, -0.2) is 34.9 Å². The average molecular weight is 463 g/mol. The standard InChI is InChI=1S/C25H25N3O6/c1-4-8-19-12-18(14-21-24(29)27(11-5-2)25(30)26-21)15-22(33-6-3)23(19)34-16-17-9-7-10-20(13-17)28(31)32/h4-5,7,9-10,12-15H,1-2,6,8,11,16H2,3H3,(H,26,30)/b21-14+. The molecule has 0 unspecified atom stereocenters. The van der Waals surface area contributed by atoms with Gasteiger partial charge in [-0.05, 0) is 42.7 Å². The van der Waals surface area contributed by atoms with Crippen LogP contribution in [0.4, 0.5) is 10.5 Å². The summed E-state index contributed by atoms with van der Waals surface area (Å²) >= 11 is 0. The number of amides is 3. The minimum Gasteiger partial charge on any atom is -0.490 e. The number of nitrogens with zero attached hydrogens (tertiary/aromatic N) is 2. The highest BCUT2D eigenvalue weighted by Gasteiger charge is 2.32. The fourth-order valence-corrected chi connectivity index (χ4v) is 3.45. The molecule has 0 saturated carbocycles. The van der Waals surface area contributed by atoms with Crippen molar-refractivity contribution in [3.63, 3.8) is 0 Å². The van der Waals surface area contributed by atoms with Crippen LogP contribution < -0.4 is 14.8 Å². The number of benzene rings is 2. The molecule has 0 atom stereocenters. The maximum absolute atomic E-state index is 12.5. The summed E-state index contributed by atoms with van der Waals surface area (Å²) in [5.74, 6) is 0.475. The number of nitro benzene ring substituents is 1. The van der Waals surface area contributed by atoms with E-state index in [9.17, 15) is 19.7 Å². The molecule has 2 aromatic rings. The van der Waals surface area contributed by atoms with Gasteiger partial charge in [0.2, 0.25) is 0 Å². The highest BCUT2D eigenvalue weighted by atomic mass is 16.6. The summed E-state index contributed by atoms with van der Waals surface area (Å²) in [6, 6.07) is 9.22. The van der Waals surface area contributed by atoms with Crippen molar-refractivity contribution in [3.8, 4) is 11.5 Å². The highest BCUT2D eigenvalue weighted by molar-refractivity contribution is 6.14. The van der Waals surface area contributed by atoms with E-state index in [1.54, 1.807) is 30.4 Å². The Morgan fingerprint density at radius 2 is 1.94 bits per heavy atom. The summed E-state index contributed by atoms with van der Waals surface area (Å²) in [7, 11) is 0. The molecule has 9 nitrogen and oxygen atoms in total. The monoisotopic (exact) mass is 463 g/mol. The largest absolute Gasteiger partial charge is 0.490 e. The molecule has 1 fully saturated rings. The number of ether oxygens (including phenoxy) is 2. The average Bonchev–Trinajstić information content (AvgIpc) is 3.07. The van der Waals surface area contributed by atoms with E-state index in [2.05, 4.69) is 18.5 Å². The molecule has 1 aliphatic heterocycles. The molecule has 176 valence electrons. The second-order valence-corrected chi connectivity index (χ2v) is 7.34. The van der Waals surface area contributed by atoms with E-state index in [1.807, 2.05) is 13.0 Å². The molecular weight excluding hydrogens is 438 g/mol. The van der Waals surface area contributed by atoms with Crippen molar-refractivity contribution in [2.75, 3.05) is 13.2 Å². The molecular formula is C25H25N3O6. The predicted octanol–water partition coefficient (Wildman–Crippen LogP) is 4.38. The molecule has 0 spiro atoms. The second kappa shape index (κ2) is 11.0. The Kier molecular flexibility index (Phi) is 7.81. The number of hydrogen-bond donors (Lipinski definition) is 1. The van der Waals surface area contributed by atoms with Crippen LogP contribution in [0.2, 0.25) is 0 Å². The number of non-ortho nitro benzene ring substituents is 1. The zero-order chi connectivity index (χ0) is 24.7. The molecule has 3 amide bonds. The summed E-state index contributed by atoms with van der Waals surface area (Å²) in [5, 5.41) is 13.6. The first kappa shape index (κ1) is 24.2. The van der Waals surface area contributed by atoms with E-state index >= 15 is 0 Å². The van der Waals surface area contributed by atoms with Crippen LogP contribution in [0.1, 0.15) is 23.6 Å². The van der Waals surface area contributed by atoms with Gasteiger partial charge < -0.3 is 14.8 Å². The molecule has 3 rings (SSSR count). The molecule has 0 bridgehead atoms. The van der Waals surface area contributed by atoms with Crippen LogP contribution in [0, 0.1) is 10.1 Å². The van der Waals surface area contributed by atoms with Gasteiger partial charge in [0, 0.05) is 24.2 Å². The first-order valence-electron chi connectivity index (χ1n) is 10.6. The maximum atomic E-state index is 12.5. The molecule has 0 radical (unpaired) electrons. The minimum atomic E-state index is -0.510. The lowest BCUT2D eigenvalue weighted by atomic mass is 10.0. The lowest BCUT2D eigenvalue weighted by molar-refractivity contribution is -0.384. The number of imide groups is 1. The Hall–Kier alpha value is -4.40. The number of carbonyl (C=O) groups is 2. The van der Waals surface area contributed by atoms with E-state index < -0.39 is 16.9 Å². The Labute approximate surface area is 197 Å². The normalized spacial score (nSPS) is 14.1. The van der Waals surface area contributed by atoms with Gasteiger partial charge in [0.05, 0.1) is 11.5 Å². The first-order valence-corrected chi connectivity index (χ1v) is 10.6. The topological polar surface area (TPSA) is 111 Å². The van der Waals surface area contributed by atoms with Crippen molar-refractivity contribution in [1.82, 2.24) is 10.2 Å². The molecule has 1 heterocycles. The van der Waals surface area contributed by atoms with Crippen molar-refractivity contribution in [3.05, 3.63) is 94.2 Å². The molecule has 1 saturated heterocycles. The third kappa shape index (κ3) is 5.50. The van der Waals surface area contributed by atoms with Gasteiger partial charge in [-0.25, -0.2) is 4.79 Å². The van der Waals surface area contributed by atoms with E-state index in [4.69, 9.17) is 9.47 Å². The Balaban J connectivity index is 1.95. The zero-order valence-electron chi connectivity index (χ0n) is 18.8. The summed E-state index contributed by atoms with van der Waals surface area (Å²) in [6.45, 7) is 9.75. The van der Waals surface area contributed by atoms with E-state index in [-0.39, 0.29) is 24.5 Å². The fraction of sp³-hybridized carbons (Fsp3) is 0.200. The maximum Gasteiger partial charge on any atom is 0.329 e. The van der Waals surface area contributed by atoms with Crippen LogP contribution in [-0.2, 0) is 17.8 Å². The SMILES string of the molecule is C=CCc1cc(/C=C2/NC(=O)N(CC=C)C2=O)cc(OCC)c1OCc1cccc([N+](=O)[O-])c1. The Morgan fingerprint density at radius 1 is 1.15 bits per heavy atom. The van der Waals surface area contributed by atoms with Crippen LogP contribution in [0.15, 0.2) is 67.4 Å². The van der Waals surface area contributed by atoms with Crippen molar-refractivity contribution in [2.24, 2.45) is 0 Å². The number of carbonyl (C=O) groups excluding carboxylic acids is 2. The van der Waals surface area contributed by atoms with Gasteiger partial charge >= 0.3 is 6.03 Å². The van der Waals surface area contributed by atoms with Crippen molar-refractivity contribution in [2.45, 2.75) is 20.0 Å². The van der Waals surface area contributed by atoms with Crippen LogP contribution in [0.5, 0.6) is 11.5 Å². The summed E-state index contributed by atoms with van der Waals surface area (Å²) in [4.78, 5) is 36.3. The molecule has 1 aliphatic rings. The molecule has 0 aliphatic carbocycles. The van der Waals surface area contributed by atoms with E-state index in [0.29, 0.717) is 35.7 Å². The number of nitrogens with one attached hydrogen (secondary N) is 1. The number of hydrogen-bond acceptors (Lipinski definition) is 6. The molecule has 34 heavy (non-hydrogen) atoms. The van der Waals surface area contributed by atoms with Crippen molar-refractivity contribution >= 4 is 23.7 Å². The number of nitro groups is 1. The van der Waals surface area contributed by atoms with Gasteiger partial charge in [0.1, 0.15) is 12.3 Å². The van der Waals surface area contributed by atoms with Crippen molar-refractivity contribution < 1.29 is 24.0 Å². The molecule has 1 N–H and O–H groups in total. The first-order chi connectivity index (χ1) is 16.4. The highest BCUT2D eigenvalue weighted by Crippen LogP contribution is 2.35. The van der Waals surface area contributed by atoms with E-state index in [1.165, 1.54) is 18.2 Å². The van der Waals surface area contributed by atoms with Crippen molar-refractivity contribution in [1.29, 1.82) is 0 Å². The number of rotatable bonds is 11. The second-order valence-electron chi connectivity index (χ2n) is 7.34. The summed E-state index contributed by atoms with van der Waals surface area (Å²) in [6.07, 6.45) is 5.20. The Morgan fingerprint density at radius 3 is 2.62 bits per heavy atom. The Bertz CT molecular complexity index is 1170. The van der Waals surface area contributed by atoms with Gasteiger partial charge in [-0.3, -0.25) is 19.8 Å². The van der Waals surface area contributed by atoms with Gasteiger partial charge in [-0.15, -0.1) is 13.2 Å². The fourth-order valence-electron chi connectivity index (χ4n) is 3.45. The molecule has 2 aromatic carbocycles. The number of urea groups is 1. The van der Waals surface area contributed by atoms with Gasteiger partial charge in [0.15, 0.2) is 11.5 Å². The van der Waals surface area contributed by atoms with E-state index in [0.717, 1.165) is 10.5 Å². The van der Waals surface area contributed by atoms with Crippen LogP contribution in [0.3, 0.4) is 0 Å². The molecule has 0 aromatic heterocycles. The minimum absolute atomic E-state index is 0.0202. The van der Waals surface area contributed by atoms with Crippen LogP contribution >= 0.6 is 0 Å². The number of allylic oxidation sites excluding steroid dienone is 1. The van der Waals surface area contributed by atoms with Crippen LogP contribution in [0.25, 0.3) is 6.08 Å². The van der Waals surface area contributed by atoms with Gasteiger partial charge in [-0.1, -0.05) is 24.3 Å². The summed E-state index contributed by atoms with van der Waals surface area (Å²) in [5.41, 5.74) is 2.14. The molecule has 9 heteroatoms. The quantitative estimate of drug-likeness (QED) is 0.174. The zero-order valence-corrected chi connectivity index (χ0v) is 18.8. The van der Waals surface area contributed by atoms with Gasteiger partial charge in [0.25, 0.3) is 11.6 Å². The smallest absolute Gasteiger partial charge is 0.329 e. The third-order valence-corrected chi connectivity index (χ3v) is 4.91. The predicted molar refractivity (Wildman–Crippen MR) is 127 cm³/mol. The lowest BCUT2D eigenvalue weighted by Crippen LogP contribution is -2.30. The van der Waals surface area contributed by atoms with Gasteiger partial charge in [-0.2, -0.15) is 0 Å².